The van der Waals surface area contributed by atoms with Gasteiger partial charge < -0.3 is 20.0 Å². The van der Waals surface area contributed by atoms with Crippen molar-refractivity contribution in [2.24, 2.45) is 0 Å². The third-order valence-corrected chi connectivity index (χ3v) is 5.77. The van der Waals surface area contributed by atoms with Crippen molar-refractivity contribution in [1.82, 2.24) is 9.97 Å². The van der Waals surface area contributed by atoms with Crippen molar-refractivity contribution in [3.63, 3.8) is 0 Å². The first-order chi connectivity index (χ1) is 15.6. The van der Waals surface area contributed by atoms with E-state index in [4.69, 9.17) is 16.3 Å². The van der Waals surface area contributed by atoms with Gasteiger partial charge in [0.2, 0.25) is 0 Å². The van der Waals surface area contributed by atoms with Crippen molar-refractivity contribution in [3.8, 4) is 5.75 Å². The number of hydrogen-bond donors (Lipinski definition) is 3. The van der Waals surface area contributed by atoms with Crippen molar-refractivity contribution in [3.05, 3.63) is 105 Å². The van der Waals surface area contributed by atoms with E-state index >= 15 is 0 Å². The second-order valence-electron chi connectivity index (χ2n) is 7.45. The molecule has 5 nitrogen and oxygen atoms in total. The summed E-state index contributed by atoms with van der Waals surface area (Å²) in [6.45, 7) is 0.495. The molecule has 0 radical (unpaired) electrons. The second-order valence-corrected chi connectivity index (χ2v) is 7.85. The zero-order valence-corrected chi connectivity index (χ0v) is 17.7. The molecule has 0 saturated heterocycles. The lowest BCUT2D eigenvalue weighted by Crippen LogP contribution is -2.06. The maximum absolute atomic E-state index is 14.2. The molecule has 0 aliphatic heterocycles. The number of aromatic nitrogens is 2. The maximum Gasteiger partial charge on any atom is 0.323 e. The Balaban J connectivity index is 1.46. The van der Waals surface area contributed by atoms with Crippen LogP contribution in [0.3, 0.4) is 0 Å². The first-order valence-corrected chi connectivity index (χ1v) is 10.5. The Morgan fingerprint density at radius 1 is 0.906 bits per heavy atom. The van der Waals surface area contributed by atoms with Crippen LogP contribution in [0.1, 0.15) is 11.1 Å². The van der Waals surface area contributed by atoms with Gasteiger partial charge in [0.1, 0.15) is 18.2 Å². The highest BCUT2D eigenvalue weighted by Crippen LogP contribution is 2.31. The van der Waals surface area contributed by atoms with Gasteiger partial charge in [-0.3, -0.25) is 0 Å². The number of ether oxygens (including phenoxy) is 1. The fourth-order valence-electron chi connectivity index (χ4n) is 3.79. The minimum absolute atomic E-state index is 0.0212. The van der Waals surface area contributed by atoms with Crippen molar-refractivity contribution >= 4 is 39.1 Å². The van der Waals surface area contributed by atoms with Gasteiger partial charge in [0, 0.05) is 23.4 Å². The summed E-state index contributed by atoms with van der Waals surface area (Å²) >= 11 is 6.16. The number of halogens is 2. The van der Waals surface area contributed by atoms with Gasteiger partial charge >= 0.3 is 5.69 Å². The fourth-order valence-corrected chi connectivity index (χ4v) is 4.00. The molecule has 0 spiro atoms. The normalized spacial score (nSPS) is 11.2. The standard InChI is InChI=1S/C25H19ClFN3O2/c26-20-6-3-7-21(27)19(20)14-32-24-11-8-15-4-1-2-5-17(15)18(24)13-28-16-9-10-22-23(12-16)30-25(31)29-22/h1-12,28H,13-14H2,(H2,29,30,31). The number of rotatable bonds is 6. The molecule has 5 aromatic rings. The number of benzene rings is 4. The molecule has 0 unspecified atom stereocenters. The molecule has 32 heavy (non-hydrogen) atoms. The molecule has 160 valence electrons. The Kier molecular flexibility index (Phi) is 5.29. The Morgan fingerprint density at radius 3 is 2.62 bits per heavy atom. The van der Waals surface area contributed by atoms with E-state index in [9.17, 15) is 9.18 Å². The number of H-pyrrole nitrogens is 2. The van der Waals surface area contributed by atoms with Crippen LogP contribution in [0.25, 0.3) is 21.8 Å². The quantitative estimate of drug-likeness (QED) is 0.299. The van der Waals surface area contributed by atoms with Gasteiger partial charge in [0.15, 0.2) is 0 Å². The van der Waals surface area contributed by atoms with E-state index in [-0.39, 0.29) is 12.3 Å². The SMILES string of the molecule is O=c1[nH]c2ccc(NCc3c(OCc4c(F)cccc4Cl)ccc4ccccc34)cc2[nH]1. The van der Waals surface area contributed by atoms with E-state index < -0.39 is 5.82 Å². The summed E-state index contributed by atoms with van der Waals surface area (Å²) in [6.07, 6.45) is 0. The molecule has 0 saturated carbocycles. The van der Waals surface area contributed by atoms with Gasteiger partial charge in [-0.05, 0) is 47.2 Å². The number of anilines is 1. The topological polar surface area (TPSA) is 69.9 Å². The monoisotopic (exact) mass is 447 g/mol. The molecule has 0 aliphatic carbocycles. The third-order valence-electron chi connectivity index (χ3n) is 5.42. The highest BCUT2D eigenvalue weighted by molar-refractivity contribution is 6.31. The molecule has 3 N–H and O–H groups in total. The summed E-state index contributed by atoms with van der Waals surface area (Å²) in [6, 6.07) is 22.1. The molecular weight excluding hydrogens is 429 g/mol. The van der Waals surface area contributed by atoms with E-state index in [1.54, 1.807) is 12.1 Å². The highest BCUT2D eigenvalue weighted by Gasteiger charge is 2.13. The fraction of sp³-hybridized carbons (Fsp3) is 0.0800. The van der Waals surface area contributed by atoms with E-state index in [1.807, 2.05) is 54.6 Å². The third kappa shape index (κ3) is 3.92. The van der Waals surface area contributed by atoms with Gasteiger partial charge in [-0.1, -0.05) is 48.0 Å². The molecule has 1 heterocycles. The van der Waals surface area contributed by atoms with Gasteiger partial charge in [0.05, 0.1) is 16.1 Å². The van der Waals surface area contributed by atoms with Gasteiger partial charge in [-0.15, -0.1) is 0 Å². The smallest absolute Gasteiger partial charge is 0.323 e. The van der Waals surface area contributed by atoms with E-state index in [0.717, 1.165) is 33.1 Å². The molecule has 0 atom stereocenters. The van der Waals surface area contributed by atoms with Crippen LogP contribution in [0.5, 0.6) is 5.75 Å². The van der Waals surface area contributed by atoms with Crippen molar-refractivity contribution < 1.29 is 9.13 Å². The summed E-state index contributed by atoms with van der Waals surface area (Å²) in [5.74, 6) is 0.249. The second kappa shape index (κ2) is 8.40. The average molecular weight is 448 g/mol. The minimum atomic E-state index is -0.397. The molecule has 0 fully saturated rings. The van der Waals surface area contributed by atoms with E-state index in [1.165, 1.54) is 6.07 Å². The zero-order chi connectivity index (χ0) is 22.1. The summed E-state index contributed by atoms with van der Waals surface area (Å²) in [5.41, 5.74) is 3.35. The number of nitrogens with one attached hydrogen (secondary N) is 3. The van der Waals surface area contributed by atoms with Gasteiger partial charge in [-0.25, -0.2) is 9.18 Å². The molecule has 4 aromatic carbocycles. The maximum atomic E-state index is 14.2. The molecule has 7 heteroatoms. The van der Waals surface area contributed by atoms with Gasteiger partial charge in [0.25, 0.3) is 0 Å². The van der Waals surface area contributed by atoms with Crippen LogP contribution in [0.15, 0.2) is 77.6 Å². The molecular formula is C25H19ClFN3O2. The Bertz CT molecular complexity index is 1470. The number of hydrogen-bond acceptors (Lipinski definition) is 3. The number of fused-ring (bicyclic) bond motifs is 2. The summed E-state index contributed by atoms with van der Waals surface area (Å²) in [7, 11) is 0. The Labute approximate surface area is 187 Å². The Morgan fingerprint density at radius 2 is 1.75 bits per heavy atom. The Hall–Kier alpha value is -3.77. The summed E-state index contributed by atoms with van der Waals surface area (Å²) in [5, 5.41) is 5.84. The van der Waals surface area contributed by atoms with E-state index in [2.05, 4.69) is 15.3 Å². The van der Waals surface area contributed by atoms with Gasteiger partial charge in [-0.2, -0.15) is 0 Å². The van der Waals surface area contributed by atoms with Crippen LogP contribution >= 0.6 is 11.6 Å². The van der Waals surface area contributed by atoms with E-state index in [0.29, 0.717) is 22.9 Å². The molecule has 5 rings (SSSR count). The van der Waals surface area contributed by atoms with Crippen LogP contribution in [-0.4, -0.2) is 9.97 Å². The predicted molar refractivity (Wildman–Crippen MR) is 126 cm³/mol. The van der Waals surface area contributed by atoms with Crippen molar-refractivity contribution in [2.45, 2.75) is 13.2 Å². The molecule has 0 amide bonds. The predicted octanol–water partition coefficient (Wildman–Crippen LogP) is 5.99. The first kappa shape index (κ1) is 20.2. The van der Waals surface area contributed by atoms with Crippen LogP contribution in [0.2, 0.25) is 5.02 Å². The zero-order valence-electron chi connectivity index (χ0n) is 16.9. The highest BCUT2D eigenvalue weighted by atomic mass is 35.5. The van der Waals surface area contributed by atoms with Crippen LogP contribution in [0, 0.1) is 5.82 Å². The number of imidazole rings is 1. The van der Waals surface area contributed by atoms with Crippen LogP contribution in [0.4, 0.5) is 10.1 Å². The molecule has 0 bridgehead atoms. The lowest BCUT2D eigenvalue weighted by Gasteiger charge is -2.16. The summed E-state index contributed by atoms with van der Waals surface area (Å²) in [4.78, 5) is 17.0. The summed E-state index contributed by atoms with van der Waals surface area (Å²) < 4.78 is 20.2. The largest absolute Gasteiger partial charge is 0.488 e. The van der Waals surface area contributed by atoms with Crippen molar-refractivity contribution in [2.75, 3.05) is 5.32 Å². The van der Waals surface area contributed by atoms with Crippen LogP contribution in [-0.2, 0) is 13.2 Å². The van der Waals surface area contributed by atoms with Crippen LogP contribution < -0.4 is 15.7 Å². The first-order valence-electron chi connectivity index (χ1n) is 10.1. The number of aromatic amines is 2. The molecule has 1 aromatic heterocycles. The van der Waals surface area contributed by atoms with Crippen molar-refractivity contribution in [1.29, 1.82) is 0 Å². The lowest BCUT2D eigenvalue weighted by atomic mass is 10.0. The lowest BCUT2D eigenvalue weighted by molar-refractivity contribution is 0.297. The molecule has 0 aliphatic rings. The average Bonchev–Trinajstić information content (AvgIpc) is 3.17. The minimum Gasteiger partial charge on any atom is -0.488 e.